The number of nitrogens with zero attached hydrogens (tertiary/aromatic N) is 1. The number of carbonyl (C=O) groups is 1. The summed E-state index contributed by atoms with van der Waals surface area (Å²) in [4.78, 5) is 14.6. The molecule has 5 heteroatoms. The van der Waals surface area contributed by atoms with Gasteiger partial charge in [0, 0.05) is 31.2 Å². The molecule has 1 fully saturated rings. The minimum Gasteiger partial charge on any atom is -0.379 e. The molecule has 116 valence electrons. The quantitative estimate of drug-likeness (QED) is 0.807. The number of benzene rings is 1. The van der Waals surface area contributed by atoms with Crippen molar-refractivity contribution in [2.24, 2.45) is 5.73 Å². The molecule has 0 aromatic heterocycles. The van der Waals surface area contributed by atoms with Crippen LogP contribution in [-0.4, -0.2) is 56.2 Å². The van der Waals surface area contributed by atoms with E-state index in [1.165, 1.54) is 0 Å². The lowest BCUT2D eigenvalue weighted by Crippen LogP contribution is -2.46. The third-order valence-electron chi connectivity index (χ3n) is 3.64. The number of amides is 1. The summed E-state index contributed by atoms with van der Waals surface area (Å²) in [6.45, 7) is 6.93. The average molecular weight is 291 g/mol. The Morgan fingerprint density at radius 3 is 2.90 bits per heavy atom. The van der Waals surface area contributed by atoms with Crippen LogP contribution in [0.3, 0.4) is 0 Å². The number of ether oxygens (including phenoxy) is 1. The fourth-order valence-corrected chi connectivity index (χ4v) is 2.56. The van der Waals surface area contributed by atoms with E-state index in [1.54, 1.807) is 0 Å². The Morgan fingerprint density at radius 1 is 1.43 bits per heavy atom. The van der Waals surface area contributed by atoms with Crippen molar-refractivity contribution in [1.82, 2.24) is 10.2 Å². The molecule has 1 aliphatic heterocycles. The van der Waals surface area contributed by atoms with Crippen molar-refractivity contribution in [3.8, 4) is 0 Å². The van der Waals surface area contributed by atoms with E-state index in [1.807, 2.05) is 31.2 Å². The molecule has 3 N–H and O–H groups in total. The zero-order valence-corrected chi connectivity index (χ0v) is 12.7. The van der Waals surface area contributed by atoms with Gasteiger partial charge in [0.25, 0.3) is 5.91 Å². The highest BCUT2D eigenvalue weighted by molar-refractivity contribution is 5.94. The molecule has 1 atom stereocenters. The van der Waals surface area contributed by atoms with Gasteiger partial charge >= 0.3 is 0 Å². The summed E-state index contributed by atoms with van der Waals surface area (Å²) in [5.74, 6) is -0.0189. The molecule has 0 bridgehead atoms. The van der Waals surface area contributed by atoms with Crippen molar-refractivity contribution in [3.05, 3.63) is 35.4 Å². The van der Waals surface area contributed by atoms with E-state index < -0.39 is 0 Å². The van der Waals surface area contributed by atoms with E-state index in [9.17, 15) is 4.79 Å². The van der Waals surface area contributed by atoms with E-state index in [-0.39, 0.29) is 11.9 Å². The number of nitrogens with one attached hydrogen (secondary N) is 1. The van der Waals surface area contributed by atoms with Crippen LogP contribution in [0, 0.1) is 0 Å². The number of morpholine rings is 1. The fraction of sp³-hybridized carbons (Fsp3) is 0.562. The van der Waals surface area contributed by atoms with Crippen molar-refractivity contribution in [3.63, 3.8) is 0 Å². The highest BCUT2D eigenvalue weighted by Crippen LogP contribution is 2.06. The Balaban J connectivity index is 1.86. The largest absolute Gasteiger partial charge is 0.379 e. The van der Waals surface area contributed by atoms with Crippen LogP contribution in [0.4, 0.5) is 0 Å². The van der Waals surface area contributed by atoms with Gasteiger partial charge in [0.2, 0.25) is 0 Å². The number of carbonyl (C=O) groups excluding carboxylic acids is 1. The average Bonchev–Trinajstić information content (AvgIpc) is 2.48. The van der Waals surface area contributed by atoms with E-state index in [0.717, 1.165) is 44.8 Å². The molecule has 1 aliphatic rings. The van der Waals surface area contributed by atoms with Gasteiger partial charge in [0.1, 0.15) is 0 Å². The topological polar surface area (TPSA) is 67.6 Å². The van der Waals surface area contributed by atoms with Crippen LogP contribution in [0.15, 0.2) is 24.3 Å². The summed E-state index contributed by atoms with van der Waals surface area (Å²) in [6.07, 6.45) is 0.796. The molecule has 1 aromatic rings. The maximum absolute atomic E-state index is 12.3. The lowest BCUT2D eigenvalue weighted by atomic mass is 10.1. The van der Waals surface area contributed by atoms with Gasteiger partial charge in [-0.2, -0.15) is 0 Å². The highest BCUT2D eigenvalue weighted by atomic mass is 16.5. The van der Waals surface area contributed by atoms with Crippen LogP contribution in [0.25, 0.3) is 0 Å². The second kappa shape index (κ2) is 8.12. The van der Waals surface area contributed by atoms with Gasteiger partial charge in [-0.3, -0.25) is 9.69 Å². The maximum atomic E-state index is 12.3. The standard InChI is InChI=1S/C16H25N3O2/c1-13(12-19-7-9-21-10-8-19)18-16(20)15-4-2-3-14(11-15)5-6-17/h2-4,11,13H,5-10,12,17H2,1H3,(H,18,20). The predicted molar refractivity (Wildman–Crippen MR) is 83.4 cm³/mol. The Hall–Kier alpha value is -1.43. The Morgan fingerprint density at radius 2 is 2.19 bits per heavy atom. The molecule has 1 unspecified atom stereocenters. The number of rotatable bonds is 6. The summed E-state index contributed by atoms with van der Waals surface area (Å²) in [5.41, 5.74) is 7.36. The summed E-state index contributed by atoms with van der Waals surface area (Å²) in [7, 11) is 0. The van der Waals surface area contributed by atoms with E-state index in [2.05, 4.69) is 10.2 Å². The second-order valence-electron chi connectivity index (χ2n) is 5.53. The molecule has 0 radical (unpaired) electrons. The lowest BCUT2D eigenvalue weighted by molar-refractivity contribution is 0.0342. The van der Waals surface area contributed by atoms with Crippen molar-refractivity contribution in [1.29, 1.82) is 0 Å². The first kappa shape index (κ1) is 15.9. The number of hydrogen-bond acceptors (Lipinski definition) is 4. The fourth-order valence-electron chi connectivity index (χ4n) is 2.56. The Bertz CT molecular complexity index is 459. The van der Waals surface area contributed by atoms with Gasteiger partial charge in [-0.15, -0.1) is 0 Å². The summed E-state index contributed by atoms with van der Waals surface area (Å²) in [5, 5.41) is 3.06. The van der Waals surface area contributed by atoms with Crippen LogP contribution in [0.1, 0.15) is 22.8 Å². The van der Waals surface area contributed by atoms with Crippen molar-refractivity contribution < 1.29 is 9.53 Å². The molecule has 2 rings (SSSR count). The molecule has 1 heterocycles. The molecule has 0 spiro atoms. The molecule has 1 aromatic carbocycles. The first-order valence-electron chi connectivity index (χ1n) is 7.59. The molecule has 1 saturated heterocycles. The van der Waals surface area contributed by atoms with Gasteiger partial charge in [0.15, 0.2) is 0 Å². The molecular weight excluding hydrogens is 266 g/mol. The van der Waals surface area contributed by atoms with Crippen LogP contribution in [-0.2, 0) is 11.2 Å². The van der Waals surface area contributed by atoms with Crippen molar-refractivity contribution in [2.75, 3.05) is 39.4 Å². The van der Waals surface area contributed by atoms with Gasteiger partial charge in [0.05, 0.1) is 13.2 Å². The van der Waals surface area contributed by atoms with Crippen LogP contribution in [0.5, 0.6) is 0 Å². The zero-order chi connectivity index (χ0) is 15.1. The minimum atomic E-state index is -0.0189. The van der Waals surface area contributed by atoms with Crippen LogP contribution in [0.2, 0.25) is 0 Å². The smallest absolute Gasteiger partial charge is 0.251 e. The monoisotopic (exact) mass is 291 g/mol. The van der Waals surface area contributed by atoms with Crippen LogP contribution < -0.4 is 11.1 Å². The van der Waals surface area contributed by atoms with E-state index in [0.29, 0.717) is 12.1 Å². The normalized spacial score (nSPS) is 17.4. The molecular formula is C16H25N3O2. The molecule has 5 nitrogen and oxygen atoms in total. The third-order valence-corrected chi connectivity index (χ3v) is 3.64. The maximum Gasteiger partial charge on any atom is 0.251 e. The van der Waals surface area contributed by atoms with Gasteiger partial charge < -0.3 is 15.8 Å². The second-order valence-corrected chi connectivity index (χ2v) is 5.53. The molecule has 0 aliphatic carbocycles. The van der Waals surface area contributed by atoms with Crippen LogP contribution >= 0.6 is 0 Å². The van der Waals surface area contributed by atoms with Gasteiger partial charge in [-0.1, -0.05) is 12.1 Å². The van der Waals surface area contributed by atoms with Gasteiger partial charge in [-0.05, 0) is 37.6 Å². The highest BCUT2D eigenvalue weighted by Gasteiger charge is 2.16. The summed E-state index contributed by atoms with van der Waals surface area (Å²) >= 11 is 0. The number of nitrogens with two attached hydrogens (primary N) is 1. The van der Waals surface area contributed by atoms with Gasteiger partial charge in [-0.25, -0.2) is 0 Å². The zero-order valence-electron chi connectivity index (χ0n) is 12.7. The van der Waals surface area contributed by atoms with E-state index >= 15 is 0 Å². The predicted octanol–water partition coefficient (Wildman–Crippen LogP) is 0.638. The molecule has 1 amide bonds. The third kappa shape index (κ3) is 5.12. The molecule has 21 heavy (non-hydrogen) atoms. The number of hydrogen-bond donors (Lipinski definition) is 2. The summed E-state index contributed by atoms with van der Waals surface area (Å²) < 4.78 is 5.33. The SMILES string of the molecule is CC(CN1CCOCC1)NC(=O)c1cccc(CCN)c1. The van der Waals surface area contributed by atoms with E-state index in [4.69, 9.17) is 10.5 Å². The molecule has 0 saturated carbocycles. The lowest BCUT2D eigenvalue weighted by Gasteiger charge is -2.29. The van der Waals surface area contributed by atoms with Crippen molar-refractivity contribution in [2.45, 2.75) is 19.4 Å². The Labute approximate surface area is 126 Å². The minimum absolute atomic E-state index is 0.0189. The Kier molecular flexibility index (Phi) is 6.17. The first-order valence-corrected chi connectivity index (χ1v) is 7.59. The van der Waals surface area contributed by atoms with Crippen molar-refractivity contribution >= 4 is 5.91 Å². The first-order chi connectivity index (χ1) is 10.2. The summed E-state index contributed by atoms with van der Waals surface area (Å²) in [6, 6.07) is 7.79.